The van der Waals surface area contributed by atoms with Crippen LogP contribution < -0.4 is 5.32 Å². The Morgan fingerprint density at radius 1 is 0.812 bits per heavy atom. The van der Waals surface area contributed by atoms with E-state index in [4.69, 9.17) is 0 Å². The number of nitrogens with zero attached hydrogens (tertiary/aromatic N) is 1. The smallest absolute Gasteiger partial charge is 0.248 e. The summed E-state index contributed by atoms with van der Waals surface area (Å²) < 4.78 is 0. The number of carbonyl (C=O) groups is 2. The Kier molecular flexibility index (Phi) is 5.95. The number of hydrogen-bond acceptors (Lipinski definition) is 2. The van der Waals surface area contributed by atoms with Crippen molar-refractivity contribution in [2.45, 2.75) is 38.9 Å². The van der Waals surface area contributed by atoms with Gasteiger partial charge in [0.15, 0.2) is 0 Å². The molecule has 1 N–H and O–H groups in total. The van der Waals surface area contributed by atoms with Gasteiger partial charge < -0.3 is 10.2 Å². The van der Waals surface area contributed by atoms with Gasteiger partial charge in [-0.15, -0.1) is 0 Å². The lowest BCUT2D eigenvalue weighted by Gasteiger charge is -2.30. The molecule has 162 valence electrons. The predicted octanol–water partition coefficient (Wildman–Crippen LogP) is 5.06. The van der Waals surface area contributed by atoms with Crippen LogP contribution in [0.1, 0.15) is 31.9 Å². The van der Waals surface area contributed by atoms with Crippen molar-refractivity contribution >= 4 is 17.4 Å². The van der Waals surface area contributed by atoms with Gasteiger partial charge in [0.05, 0.1) is 0 Å². The second-order valence-electron chi connectivity index (χ2n) is 9.14. The van der Waals surface area contributed by atoms with Crippen LogP contribution in [0.4, 0.5) is 0 Å². The Bertz CT molecular complexity index is 1130. The quantitative estimate of drug-likeness (QED) is 0.622. The molecule has 1 heterocycles. The molecule has 4 nitrogen and oxygen atoms in total. The summed E-state index contributed by atoms with van der Waals surface area (Å²) in [5, 5.41) is 3.06. The third-order valence-corrected chi connectivity index (χ3v) is 5.44. The van der Waals surface area contributed by atoms with Gasteiger partial charge in [0, 0.05) is 18.2 Å². The fraction of sp³-hybridized carbons (Fsp3) is 0.214. The van der Waals surface area contributed by atoms with Gasteiger partial charge in [0.25, 0.3) is 0 Å². The summed E-state index contributed by atoms with van der Waals surface area (Å²) in [5.74, 6) is -0.317. The number of benzene rings is 3. The molecule has 0 saturated heterocycles. The average Bonchev–Trinajstić information content (AvgIpc) is 3.10. The summed E-state index contributed by atoms with van der Waals surface area (Å²) in [6.45, 7) is 6.22. The van der Waals surface area contributed by atoms with E-state index in [-0.39, 0.29) is 11.8 Å². The lowest BCUT2D eigenvalue weighted by atomic mass is 9.95. The molecule has 1 unspecified atom stereocenters. The first-order valence-electron chi connectivity index (χ1n) is 10.9. The van der Waals surface area contributed by atoms with Gasteiger partial charge in [-0.2, -0.15) is 0 Å². The van der Waals surface area contributed by atoms with E-state index >= 15 is 0 Å². The lowest BCUT2D eigenvalue weighted by Crippen LogP contribution is -2.51. The van der Waals surface area contributed by atoms with Crippen LogP contribution in [-0.4, -0.2) is 28.3 Å². The Hall–Kier alpha value is -3.66. The first-order valence-corrected chi connectivity index (χ1v) is 10.9. The van der Waals surface area contributed by atoms with E-state index in [0.29, 0.717) is 6.54 Å². The van der Waals surface area contributed by atoms with E-state index in [1.807, 2.05) is 93.6 Å². The molecule has 3 aromatic carbocycles. The molecule has 1 aliphatic rings. The largest absolute Gasteiger partial charge is 0.349 e. The zero-order valence-electron chi connectivity index (χ0n) is 18.7. The van der Waals surface area contributed by atoms with Crippen LogP contribution in [0.3, 0.4) is 0 Å². The highest BCUT2D eigenvalue weighted by molar-refractivity contribution is 6.11. The van der Waals surface area contributed by atoms with Gasteiger partial charge in [-0.25, -0.2) is 0 Å². The number of rotatable bonds is 5. The molecule has 0 spiro atoms. The summed E-state index contributed by atoms with van der Waals surface area (Å²) in [5.41, 5.74) is 4.42. The molecule has 0 fully saturated rings. The molecule has 1 aliphatic heterocycles. The van der Waals surface area contributed by atoms with Crippen LogP contribution in [-0.2, 0) is 16.1 Å². The summed E-state index contributed by atoms with van der Waals surface area (Å²) in [7, 11) is 0. The highest BCUT2D eigenvalue weighted by Gasteiger charge is 2.39. The zero-order chi connectivity index (χ0) is 22.7. The average molecular weight is 425 g/mol. The van der Waals surface area contributed by atoms with Crippen molar-refractivity contribution in [2.75, 3.05) is 0 Å². The molecule has 0 aliphatic carbocycles. The Labute approximate surface area is 189 Å². The highest BCUT2D eigenvalue weighted by atomic mass is 16.2. The number of hydrogen-bond donors (Lipinski definition) is 1. The van der Waals surface area contributed by atoms with Gasteiger partial charge in [0.1, 0.15) is 6.04 Å². The van der Waals surface area contributed by atoms with Gasteiger partial charge in [-0.3, -0.25) is 9.59 Å². The van der Waals surface area contributed by atoms with Crippen LogP contribution in [0.15, 0.2) is 91.0 Å². The molecule has 3 aromatic rings. The van der Waals surface area contributed by atoms with E-state index in [1.165, 1.54) is 0 Å². The summed E-state index contributed by atoms with van der Waals surface area (Å²) in [6, 6.07) is 27.3. The monoisotopic (exact) mass is 424 g/mol. The minimum absolute atomic E-state index is 0.148. The van der Waals surface area contributed by atoms with Crippen molar-refractivity contribution in [3.8, 4) is 11.1 Å². The van der Waals surface area contributed by atoms with Crippen LogP contribution in [0.2, 0.25) is 0 Å². The van der Waals surface area contributed by atoms with Crippen LogP contribution in [0, 0.1) is 0 Å². The first-order chi connectivity index (χ1) is 15.3. The Balaban J connectivity index is 1.66. The molecule has 2 amide bonds. The van der Waals surface area contributed by atoms with Crippen LogP contribution in [0.25, 0.3) is 16.7 Å². The fourth-order valence-corrected chi connectivity index (χ4v) is 3.99. The molecule has 0 radical (unpaired) electrons. The second kappa shape index (κ2) is 8.83. The zero-order valence-corrected chi connectivity index (χ0v) is 18.7. The maximum Gasteiger partial charge on any atom is 0.248 e. The van der Waals surface area contributed by atoms with Gasteiger partial charge in [-0.05, 0) is 48.6 Å². The lowest BCUT2D eigenvalue weighted by molar-refractivity contribution is -0.134. The van der Waals surface area contributed by atoms with Crippen molar-refractivity contribution in [3.63, 3.8) is 0 Å². The van der Waals surface area contributed by atoms with Gasteiger partial charge in [0.2, 0.25) is 11.8 Å². The normalized spacial score (nSPS) is 16.1. The topological polar surface area (TPSA) is 49.4 Å². The second-order valence-corrected chi connectivity index (χ2v) is 9.14. The van der Waals surface area contributed by atoms with Gasteiger partial charge in [-0.1, -0.05) is 84.9 Å². The highest BCUT2D eigenvalue weighted by Crippen LogP contribution is 2.32. The molecule has 32 heavy (non-hydrogen) atoms. The maximum absolute atomic E-state index is 13.3. The van der Waals surface area contributed by atoms with Crippen molar-refractivity contribution < 1.29 is 9.59 Å². The van der Waals surface area contributed by atoms with Crippen molar-refractivity contribution in [1.29, 1.82) is 0 Å². The third kappa shape index (κ3) is 4.80. The van der Waals surface area contributed by atoms with Gasteiger partial charge >= 0.3 is 0 Å². The molecule has 0 saturated carbocycles. The van der Waals surface area contributed by atoms with E-state index in [0.717, 1.165) is 27.8 Å². The number of carbonyl (C=O) groups excluding carboxylic acids is 2. The maximum atomic E-state index is 13.3. The van der Waals surface area contributed by atoms with E-state index in [9.17, 15) is 9.59 Å². The molecule has 0 bridgehead atoms. The standard InChI is InChI=1S/C28H28N2O2/c1-28(2,3)29-27(32)26-24(18-25(31)30(26)19-20-10-6-4-7-11-20)23-16-14-22(15-17-23)21-12-8-5-9-13-21/h4-18,26H,19H2,1-3H3,(H,29,32). The van der Waals surface area contributed by atoms with Crippen LogP contribution >= 0.6 is 0 Å². The predicted molar refractivity (Wildman–Crippen MR) is 129 cm³/mol. The SMILES string of the molecule is CC(C)(C)NC(=O)C1C(c2ccc(-c3ccccc3)cc2)=CC(=O)N1Cc1ccccc1. The summed E-state index contributed by atoms with van der Waals surface area (Å²) >= 11 is 0. The molecule has 4 rings (SSSR count). The molecule has 4 heteroatoms. The minimum Gasteiger partial charge on any atom is -0.349 e. The minimum atomic E-state index is -0.676. The molecule has 0 aromatic heterocycles. The van der Waals surface area contributed by atoms with Crippen molar-refractivity contribution in [3.05, 3.63) is 102 Å². The first kappa shape index (κ1) is 21.6. The Morgan fingerprint density at radius 3 is 1.94 bits per heavy atom. The van der Waals surface area contributed by atoms with E-state index in [1.54, 1.807) is 11.0 Å². The molecular formula is C28H28N2O2. The fourth-order valence-electron chi connectivity index (χ4n) is 3.99. The summed E-state index contributed by atoms with van der Waals surface area (Å²) in [4.78, 5) is 28.0. The van der Waals surface area contributed by atoms with E-state index < -0.39 is 11.6 Å². The Morgan fingerprint density at radius 2 is 1.34 bits per heavy atom. The van der Waals surface area contributed by atoms with E-state index in [2.05, 4.69) is 17.4 Å². The van der Waals surface area contributed by atoms with Crippen molar-refractivity contribution in [1.82, 2.24) is 10.2 Å². The third-order valence-electron chi connectivity index (χ3n) is 5.44. The molecular weight excluding hydrogens is 396 g/mol. The number of amides is 2. The summed E-state index contributed by atoms with van der Waals surface area (Å²) in [6.07, 6.45) is 1.60. The van der Waals surface area contributed by atoms with Crippen LogP contribution in [0.5, 0.6) is 0 Å². The number of nitrogens with one attached hydrogen (secondary N) is 1. The van der Waals surface area contributed by atoms with Crippen molar-refractivity contribution in [2.24, 2.45) is 0 Å². The molecule has 1 atom stereocenters.